The Labute approximate surface area is 168 Å². The summed E-state index contributed by atoms with van der Waals surface area (Å²) in [7, 11) is 0. The Balaban J connectivity index is 1.79. The molecule has 4 aromatic rings. The number of nitrogens with two attached hydrogens (primary N) is 1. The Morgan fingerprint density at radius 1 is 1.28 bits per heavy atom. The fourth-order valence-electron chi connectivity index (χ4n) is 3.86. The Morgan fingerprint density at radius 2 is 2.07 bits per heavy atom. The molecule has 4 aromatic heterocycles. The molecule has 1 saturated carbocycles. The number of hydrogen-bond acceptors (Lipinski definition) is 5. The molecule has 8 heteroatoms. The Hall–Kier alpha value is -3.26. The van der Waals surface area contributed by atoms with E-state index in [0.29, 0.717) is 32.4 Å². The number of aryl methyl sites for hydroxylation is 1. The summed E-state index contributed by atoms with van der Waals surface area (Å²) in [5, 5.41) is 1.88. The van der Waals surface area contributed by atoms with Crippen molar-refractivity contribution in [2.45, 2.75) is 25.7 Å². The molecule has 0 unspecified atom stereocenters. The zero-order valence-corrected chi connectivity index (χ0v) is 16.4. The lowest BCUT2D eigenvalue weighted by Crippen LogP contribution is -2.44. The molecule has 0 aromatic carbocycles. The van der Waals surface area contributed by atoms with E-state index in [2.05, 4.69) is 4.98 Å². The van der Waals surface area contributed by atoms with Gasteiger partial charge in [-0.2, -0.15) is 4.68 Å². The van der Waals surface area contributed by atoms with Gasteiger partial charge in [0, 0.05) is 34.0 Å². The van der Waals surface area contributed by atoms with Crippen molar-refractivity contribution in [3.05, 3.63) is 80.0 Å². The molecule has 0 atom stereocenters. The van der Waals surface area contributed by atoms with Gasteiger partial charge in [-0.05, 0) is 54.3 Å². The Bertz CT molecular complexity index is 1380. The minimum Gasteiger partial charge on any atom is -0.332 e. The van der Waals surface area contributed by atoms with Gasteiger partial charge >= 0.3 is 5.69 Å². The number of aromatic nitrogens is 3. The van der Waals surface area contributed by atoms with E-state index in [1.807, 2.05) is 23.6 Å². The van der Waals surface area contributed by atoms with E-state index in [1.54, 1.807) is 19.3 Å². The van der Waals surface area contributed by atoms with Crippen LogP contribution in [0.5, 0.6) is 0 Å². The number of halogens is 1. The maximum absolute atomic E-state index is 15.1. The third-order valence-electron chi connectivity index (χ3n) is 5.39. The second kappa shape index (κ2) is 6.38. The Morgan fingerprint density at radius 3 is 2.76 bits per heavy atom. The largest absolute Gasteiger partial charge is 0.354 e. The summed E-state index contributed by atoms with van der Waals surface area (Å²) in [6.45, 7) is 1.75. The standard InChI is InChI=1S/C21H17FN4O2S/c1-11-17(14-7-16(29-10-14)13-3-2-6-24-8-13)15(22)9-25-19(11)18(12-4-5-12)20(27)26(23)21(25)28/h2-3,6-10,12H,4-5,23H2,1H3. The molecule has 0 bridgehead atoms. The number of nitrogen functional groups attached to an aromatic ring is 1. The summed E-state index contributed by atoms with van der Waals surface area (Å²) in [5.74, 6) is 5.20. The number of fused-ring (bicyclic) bond motifs is 1. The van der Waals surface area contributed by atoms with Gasteiger partial charge in [0.05, 0.1) is 11.7 Å². The smallest absolute Gasteiger partial charge is 0.332 e. The average molecular weight is 408 g/mol. The summed E-state index contributed by atoms with van der Waals surface area (Å²) in [6.07, 6.45) is 6.31. The van der Waals surface area contributed by atoms with E-state index < -0.39 is 17.1 Å². The lowest BCUT2D eigenvalue weighted by molar-refractivity contribution is 0.616. The fraction of sp³-hybridized carbons (Fsp3) is 0.190. The van der Waals surface area contributed by atoms with Gasteiger partial charge < -0.3 is 5.84 Å². The van der Waals surface area contributed by atoms with Crippen molar-refractivity contribution < 1.29 is 4.39 Å². The number of nitrogens with zero attached hydrogens (tertiary/aromatic N) is 3. The van der Waals surface area contributed by atoms with Crippen molar-refractivity contribution in [2.75, 3.05) is 5.84 Å². The van der Waals surface area contributed by atoms with Gasteiger partial charge in [-0.25, -0.2) is 9.18 Å². The van der Waals surface area contributed by atoms with Crippen LogP contribution in [-0.2, 0) is 0 Å². The molecule has 1 aliphatic rings. The minimum absolute atomic E-state index is 0.0540. The summed E-state index contributed by atoms with van der Waals surface area (Å²) >= 11 is 1.49. The van der Waals surface area contributed by atoms with Crippen molar-refractivity contribution in [3.63, 3.8) is 0 Å². The van der Waals surface area contributed by atoms with Gasteiger partial charge in [-0.15, -0.1) is 11.3 Å². The van der Waals surface area contributed by atoms with Gasteiger partial charge in [0.15, 0.2) is 0 Å². The summed E-state index contributed by atoms with van der Waals surface area (Å²) in [6, 6.07) is 5.70. The van der Waals surface area contributed by atoms with Crippen molar-refractivity contribution in [3.8, 4) is 21.6 Å². The van der Waals surface area contributed by atoms with Crippen LogP contribution in [0.1, 0.15) is 29.9 Å². The van der Waals surface area contributed by atoms with Crippen molar-refractivity contribution >= 4 is 16.9 Å². The number of pyridine rings is 2. The van der Waals surface area contributed by atoms with Gasteiger partial charge in [0.2, 0.25) is 0 Å². The summed E-state index contributed by atoms with van der Waals surface area (Å²) in [5.41, 5.74) is 2.33. The van der Waals surface area contributed by atoms with Crippen molar-refractivity contribution in [1.82, 2.24) is 14.1 Å². The van der Waals surface area contributed by atoms with E-state index in [1.165, 1.54) is 11.3 Å². The maximum atomic E-state index is 15.1. The predicted molar refractivity (Wildman–Crippen MR) is 111 cm³/mol. The summed E-state index contributed by atoms with van der Waals surface area (Å²) < 4.78 is 16.9. The SMILES string of the molecule is Cc1c(-c2csc(-c3cccnc3)c2)c(F)cn2c(=O)n(N)c(=O)c(C3CC3)c12. The number of hydrogen-bond donors (Lipinski definition) is 1. The van der Waals surface area contributed by atoms with E-state index in [-0.39, 0.29) is 5.92 Å². The highest BCUT2D eigenvalue weighted by Crippen LogP contribution is 2.42. The van der Waals surface area contributed by atoms with Crippen LogP contribution in [0.15, 0.2) is 51.8 Å². The van der Waals surface area contributed by atoms with Gasteiger partial charge in [0.1, 0.15) is 5.82 Å². The van der Waals surface area contributed by atoms with Crippen LogP contribution in [0.3, 0.4) is 0 Å². The molecular weight excluding hydrogens is 391 g/mol. The van der Waals surface area contributed by atoms with Crippen LogP contribution in [-0.4, -0.2) is 14.1 Å². The maximum Gasteiger partial charge on any atom is 0.354 e. The zero-order valence-electron chi connectivity index (χ0n) is 15.6. The molecule has 4 heterocycles. The lowest BCUT2D eigenvalue weighted by Gasteiger charge is -2.15. The normalized spacial score (nSPS) is 13.9. The number of rotatable bonds is 3. The molecule has 0 saturated heterocycles. The quantitative estimate of drug-likeness (QED) is 0.528. The highest BCUT2D eigenvalue weighted by atomic mass is 32.1. The third kappa shape index (κ3) is 2.71. The molecule has 0 aliphatic heterocycles. The van der Waals surface area contributed by atoms with E-state index in [0.717, 1.165) is 33.9 Å². The molecule has 6 nitrogen and oxygen atoms in total. The van der Waals surface area contributed by atoms with Crippen LogP contribution in [0.25, 0.3) is 27.1 Å². The molecule has 0 radical (unpaired) electrons. The molecular formula is C21H17FN4O2S. The molecule has 1 aliphatic carbocycles. The predicted octanol–water partition coefficient (Wildman–Crippen LogP) is 3.29. The van der Waals surface area contributed by atoms with Crippen molar-refractivity contribution in [2.24, 2.45) is 0 Å². The van der Waals surface area contributed by atoms with Crippen LogP contribution >= 0.6 is 11.3 Å². The second-order valence-electron chi connectivity index (χ2n) is 7.28. The van der Waals surface area contributed by atoms with Gasteiger partial charge in [0.25, 0.3) is 5.56 Å². The van der Waals surface area contributed by atoms with Gasteiger partial charge in [-0.1, -0.05) is 6.07 Å². The lowest BCUT2D eigenvalue weighted by atomic mass is 9.99. The topological polar surface area (TPSA) is 82.4 Å². The van der Waals surface area contributed by atoms with Gasteiger partial charge in [-0.3, -0.25) is 14.2 Å². The molecule has 29 heavy (non-hydrogen) atoms. The van der Waals surface area contributed by atoms with E-state index in [9.17, 15) is 9.59 Å². The molecule has 146 valence electrons. The third-order valence-corrected chi connectivity index (χ3v) is 6.37. The monoisotopic (exact) mass is 408 g/mol. The first kappa shape index (κ1) is 17.8. The van der Waals surface area contributed by atoms with Crippen LogP contribution in [0.2, 0.25) is 0 Å². The first-order chi connectivity index (χ1) is 14.0. The van der Waals surface area contributed by atoms with Crippen LogP contribution in [0, 0.1) is 12.7 Å². The number of thiophene rings is 1. The van der Waals surface area contributed by atoms with E-state index >= 15 is 4.39 Å². The Kier molecular flexibility index (Phi) is 3.92. The first-order valence-electron chi connectivity index (χ1n) is 9.22. The fourth-order valence-corrected chi connectivity index (χ4v) is 4.75. The zero-order chi connectivity index (χ0) is 20.3. The van der Waals surface area contributed by atoms with Crippen LogP contribution in [0.4, 0.5) is 4.39 Å². The first-order valence-corrected chi connectivity index (χ1v) is 10.1. The molecule has 1 fully saturated rings. The summed E-state index contributed by atoms with van der Waals surface area (Å²) in [4.78, 5) is 30.3. The highest BCUT2D eigenvalue weighted by molar-refractivity contribution is 7.14. The highest BCUT2D eigenvalue weighted by Gasteiger charge is 2.32. The minimum atomic E-state index is -0.746. The second-order valence-corrected chi connectivity index (χ2v) is 8.19. The van der Waals surface area contributed by atoms with Crippen LogP contribution < -0.4 is 17.1 Å². The molecule has 0 amide bonds. The van der Waals surface area contributed by atoms with Crippen molar-refractivity contribution in [1.29, 1.82) is 0 Å². The molecule has 2 N–H and O–H groups in total. The van der Waals surface area contributed by atoms with E-state index in [4.69, 9.17) is 5.84 Å². The molecule has 5 rings (SSSR count). The molecule has 0 spiro atoms. The average Bonchev–Trinajstić information content (AvgIpc) is 3.44.